The fourth-order valence-electron chi connectivity index (χ4n) is 4.35. The van der Waals surface area contributed by atoms with Crippen molar-refractivity contribution in [3.63, 3.8) is 0 Å². The molecule has 0 bridgehead atoms. The molecule has 3 aromatic carbocycles. The molecule has 5 rings (SSSR count). The highest BCUT2D eigenvalue weighted by Crippen LogP contribution is 2.28. The molecule has 0 atom stereocenters. The molecule has 0 saturated carbocycles. The van der Waals surface area contributed by atoms with Gasteiger partial charge in [-0.15, -0.1) is 0 Å². The topological polar surface area (TPSA) is 51.4 Å². The number of aromatic nitrogens is 2. The summed E-state index contributed by atoms with van der Waals surface area (Å²) in [6, 6.07) is 21.0. The van der Waals surface area contributed by atoms with Crippen LogP contribution in [-0.4, -0.2) is 22.4 Å². The van der Waals surface area contributed by atoms with Crippen LogP contribution in [0.2, 0.25) is 0 Å². The van der Waals surface area contributed by atoms with Crippen molar-refractivity contribution < 1.29 is 4.74 Å². The zero-order valence-corrected chi connectivity index (χ0v) is 20.7. The number of fused-ring (bicyclic) bond motifs is 2. The Labute approximate surface area is 203 Å². The number of rotatable bonds is 7. The summed E-state index contributed by atoms with van der Waals surface area (Å²) >= 11 is 1.60. The van der Waals surface area contributed by atoms with Crippen LogP contribution in [0.3, 0.4) is 0 Å². The second-order valence-corrected chi connectivity index (χ2v) is 9.68. The maximum absolute atomic E-state index is 6.13. The van der Waals surface area contributed by atoms with Crippen LogP contribution in [0.5, 0.6) is 5.75 Å². The quantitative estimate of drug-likeness (QED) is 0.206. The minimum atomic E-state index is 0.600. The molecule has 0 spiro atoms. The molecule has 0 aliphatic carbocycles. The summed E-state index contributed by atoms with van der Waals surface area (Å²) in [5.74, 6) is 0.942. The summed E-state index contributed by atoms with van der Waals surface area (Å²) in [7, 11) is 0. The molecule has 0 radical (unpaired) electrons. The Hall–Kier alpha value is -3.64. The number of ether oxygens (including phenoxy) is 1. The van der Waals surface area contributed by atoms with Gasteiger partial charge >= 0.3 is 0 Å². The molecule has 34 heavy (non-hydrogen) atoms. The summed E-state index contributed by atoms with van der Waals surface area (Å²) in [6.45, 7) is 9.82. The molecule has 5 nitrogen and oxygen atoms in total. The van der Waals surface area contributed by atoms with Gasteiger partial charge in [-0.1, -0.05) is 52.8 Å². The molecule has 2 aromatic heterocycles. The van der Waals surface area contributed by atoms with Crippen molar-refractivity contribution in [2.45, 2.75) is 34.2 Å². The molecule has 0 fully saturated rings. The Balaban J connectivity index is 1.38. The smallest absolute Gasteiger partial charge is 0.204 e. The van der Waals surface area contributed by atoms with Gasteiger partial charge in [0.1, 0.15) is 12.4 Å². The second kappa shape index (κ2) is 9.31. The van der Waals surface area contributed by atoms with Crippen LogP contribution in [0.1, 0.15) is 27.9 Å². The van der Waals surface area contributed by atoms with Crippen molar-refractivity contribution in [2.24, 2.45) is 5.10 Å². The normalized spacial score (nSPS) is 11.6. The number of hydrogen-bond acceptors (Lipinski definition) is 5. The summed E-state index contributed by atoms with van der Waals surface area (Å²) in [4.78, 5) is 4.60. The Kier molecular flexibility index (Phi) is 6.07. The van der Waals surface area contributed by atoms with E-state index in [1.807, 2.05) is 24.4 Å². The van der Waals surface area contributed by atoms with E-state index < -0.39 is 0 Å². The first-order chi connectivity index (χ1) is 16.5. The van der Waals surface area contributed by atoms with E-state index in [9.17, 15) is 0 Å². The van der Waals surface area contributed by atoms with Gasteiger partial charge in [0.2, 0.25) is 5.13 Å². The van der Waals surface area contributed by atoms with Crippen molar-refractivity contribution >= 4 is 43.8 Å². The van der Waals surface area contributed by atoms with Crippen molar-refractivity contribution in [2.75, 3.05) is 12.0 Å². The lowest BCUT2D eigenvalue weighted by atomic mass is 10.1. The Bertz CT molecular complexity index is 1480. The maximum Gasteiger partial charge on any atom is 0.204 e. The lowest BCUT2D eigenvalue weighted by molar-refractivity contribution is 0.297. The molecule has 172 valence electrons. The minimum Gasteiger partial charge on any atom is -0.491 e. The SMILES string of the molecule is Cc1ccc(OCCn2c(C)c(/C=N\Nc3nc4ccccc4s3)c3cc(C)ccc32)c(C)c1. The average molecular weight is 469 g/mol. The third-order valence-electron chi connectivity index (χ3n) is 6.08. The molecule has 5 aromatic rings. The Morgan fingerprint density at radius 2 is 1.79 bits per heavy atom. The van der Waals surface area contributed by atoms with Crippen LogP contribution >= 0.6 is 11.3 Å². The third kappa shape index (κ3) is 4.41. The second-order valence-electron chi connectivity index (χ2n) is 8.65. The van der Waals surface area contributed by atoms with E-state index >= 15 is 0 Å². The lowest BCUT2D eigenvalue weighted by Gasteiger charge is -2.12. The Morgan fingerprint density at radius 3 is 2.62 bits per heavy atom. The highest BCUT2D eigenvalue weighted by molar-refractivity contribution is 7.22. The first-order valence-electron chi connectivity index (χ1n) is 11.4. The molecule has 0 aliphatic heterocycles. The molecule has 6 heteroatoms. The number of hydrazone groups is 1. The maximum atomic E-state index is 6.13. The van der Waals surface area contributed by atoms with Crippen molar-refractivity contribution in [1.29, 1.82) is 0 Å². The molecule has 0 aliphatic rings. The van der Waals surface area contributed by atoms with E-state index in [0.717, 1.165) is 33.2 Å². The first-order valence-corrected chi connectivity index (χ1v) is 12.3. The van der Waals surface area contributed by atoms with E-state index in [-0.39, 0.29) is 0 Å². The Morgan fingerprint density at radius 1 is 1.00 bits per heavy atom. The fraction of sp³-hybridized carbons (Fsp3) is 0.214. The predicted molar refractivity (Wildman–Crippen MR) is 144 cm³/mol. The lowest BCUT2D eigenvalue weighted by Crippen LogP contribution is -2.10. The van der Waals surface area contributed by atoms with Crippen LogP contribution in [-0.2, 0) is 6.54 Å². The van der Waals surface area contributed by atoms with Crippen LogP contribution in [0.25, 0.3) is 21.1 Å². The number of thiazole rings is 1. The van der Waals surface area contributed by atoms with Gasteiger partial charge < -0.3 is 9.30 Å². The van der Waals surface area contributed by atoms with Crippen LogP contribution < -0.4 is 10.2 Å². The minimum absolute atomic E-state index is 0.600. The molecular weight excluding hydrogens is 440 g/mol. The van der Waals surface area contributed by atoms with Gasteiger partial charge in [-0.2, -0.15) is 5.10 Å². The van der Waals surface area contributed by atoms with Crippen molar-refractivity contribution in [3.8, 4) is 5.75 Å². The van der Waals surface area contributed by atoms with Gasteiger partial charge in [0.15, 0.2) is 0 Å². The van der Waals surface area contributed by atoms with Gasteiger partial charge in [-0.25, -0.2) is 4.98 Å². The third-order valence-corrected chi connectivity index (χ3v) is 7.02. The molecule has 0 unspecified atom stereocenters. The first kappa shape index (κ1) is 22.2. The predicted octanol–water partition coefficient (Wildman–Crippen LogP) is 7.01. The molecular formula is C28H28N4OS. The largest absolute Gasteiger partial charge is 0.491 e. The van der Waals surface area contributed by atoms with Crippen LogP contribution in [0.15, 0.2) is 65.8 Å². The van der Waals surface area contributed by atoms with E-state index in [4.69, 9.17) is 4.74 Å². The molecule has 1 N–H and O–H groups in total. The number of nitrogens with zero attached hydrogens (tertiary/aromatic N) is 3. The zero-order valence-electron chi connectivity index (χ0n) is 19.9. The van der Waals surface area contributed by atoms with E-state index in [2.05, 4.69) is 90.2 Å². The number of benzene rings is 3. The van der Waals surface area contributed by atoms with Crippen molar-refractivity contribution in [3.05, 3.63) is 88.6 Å². The van der Waals surface area contributed by atoms with Crippen LogP contribution in [0.4, 0.5) is 5.13 Å². The van der Waals surface area contributed by atoms with Gasteiger partial charge in [-0.3, -0.25) is 5.43 Å². The summed E-state index contributed by atoms with van der Waals surface area (Å²) in [5, 5.41) is 6.52. The average Bonchev–Trinajstić information content (AvgIpc) is 3.34. The van der Waals surface area contributed by atoms with Crippen LogP contribution in [0, 0.1) is 27.7 Å². The standard InChI is InChI=1S/C28H28N4OS/c1-18-10-12-26(20(3)15-18)33-14-13-32-21(4)23(22-16-19(2)9-11-25(22)32)17-29-31-28-30-24-7-5-6-8-27(24)34-28/h5-12,15-17H,13-14H2,1-4H3,(H,30,31)/b29-17-. The van der Waals surface area contributed by atoms with E-state index in [1.54, 1.807) is 11.3 Å². The fourth-order valence-corrected chi connectivity index (χ4v) is 5.17. The summed E-state index contributed by atoms with van der Waals surface area (Å²) in [6.07, 6.45) is 1.91. The van der Waals surface area contributed by atoms with Gasteiger partial charge in [0, 0.05) is 22.2 Å². The highest BCUT2D eigenvalue weighted by atomic mass is 32.1. The number of hydrogen-bond donors (Lipinski definition) is 1. The molecule has 0 saturated heterocycles. The van der Waals surface area contributed by atoms with E-state index in [1.165, 1.54) is 33.3 Å². The molecule has 2 heterocycles. The van der Waals surface area contributed by atoms with Crippen molar-refractivity contribution in [1.82, 2.24) is 9.55 Å². The van der Waals surface area contributed by atoms with E-state index in [0.29, 0.717) is 6.61 Å². The molecule has 0 amide bonds. The monoisotopic (exact) mass is 468 g/mol. The number of para-hydroxylation sites is 1. The number of aryl methyl sites for hydroxylation is 3. The number of nitrogens with one attached hydrogen (secondary N) is 1. The highest BCUT2D eigenvalue weighted by Gasteiger charge is 2.13. The van der Waals surface area contributed by atoms with Gasteiger partial charge in [0.05, 0.1) is 23.0 Å². The van der Waals surface area contributed by atoms with Gasteiger partial charge in [0.25, 0.3) is 0 Å². The summed E-state index contributed by atoms with van der Waals surface area (Å²) < 4.78 is 9.59. The van der Waals surface area contributed by atoms with Gasteiger partial charge in [-0.05, 0) is 63.6 Å². The zero-order chi connectivity index (χ0) is 23.7. The summed E-state index contributed by atoms with van der Waals surface area (Å²) in [5.41, 5.74) is 11.2. The number of anilines is 1.